The fourth-order valence-corrected chi connectivity index (χ4v) is 5.50. The summed E-state index contributed by atoms with van der Waals surface area (Å²) in [5.74, 6) is 0.390. The number of halogens is 8. The Balaban J connectivity index is 1.92. The van der Waals surface area contributed by atoms with Crippen LogP contribution in [0.4, 0.5) is 0 Å². The molecule has 0 aromatic heterocycles. The average Bonchev–Trinajstić information content (AvgIpc) is 2.88. The molecule has 180 valence electrons. The van der Waals surface area contributed by atoms with Crippen molar-refractivity contribution in [2.75, 3.05) is 0 Å². The lowest BCUT2D eigenvalue weighted by Gasteiger charge is -2.21. The van der Waals surface area contributed by atoms with Crippen molar-refractivity contribution in [3.8, 4) is 11.5 Å². The van der Waals surface area contributed by atoms with Crippen LogP contribution < -0.4 is 4.74 Å². The monoisotopic (exact) mass is 622 g/mol. The van der Waals surface area contributed by atoms with Crippen LogP contribution >= 0.6 is 92.8 Å². The fraction of sp³-hybridized carbons (Fsp3) is 0.0769. The zero-order valence-electron chi connectivity index (χ0n) is 17.6. The van der Waals surface area contributed by atoms with E-state index in [9.17, 15) is 0 Å². The first kappa shape index (κ1) is 27.0. The van der Waals surface area contributed by atoms with Gasteiger partial charge in [-0.3, -0.25) is 0 Å². The number of rotatable bonds is 6. The summed E-state index contributed by atoms with van der Waals surface area (Å²) in [6.07, 6.45) is 0.735. The van der Waals surface area contributed by atoms with Gasteiger partial charge >= 0.3 is 0 Å². The third-order valence-electron chi connectivity index (χ3n) is 5.28. The predicted octanol–water partition coefficient (Wildman–Crippen LogP) is 11.9. The molecule has 0 heterocycles. The van der Waals surface area contributed by atoms with Crippen LogP contribution in [-0.4, -0.2) is 0 Å². The number of benzene rings is 4. The standard InChI is InChI=1S/C26H14Cl8O/c27-17-15(11-13-7-3-1-4-8-13)25(23(33)21(31)19(17)29)35-26-16(12-14-9-5-2-6-10-14)18(28)20(30)22(32)24(26)34/h1-10H,11-12H2. The molecule has 0 N–H and O–H groups in total. The van der Waals surface area contributed by atoms with E-state index >= 15 is 0 Å². The molecule has 4 aromatic carbocycles. The molecule has 35 heavy (non-hydrogen) atoms. The van der Waals surface area contributed by atoms with Crippen LogP contribution in [0.2, 0.25) is 40.2 Å². The molecular formula is C26H14Cl8O. The Morgan fingerprint density at radius 1 is 0.400 bits per heavy atom. The summed E-state index contributed by atoms with van der Waals surface area (Å²) in [5.41, 5.74) is 2.97. The molecule has 0 aliphatic carbocycles. The molecule has 0 bridgehead atoms. The van der Waals surface area contributed by atoms with Gasteiger partial charge in [-0.15, -0.1) is 0 Å². The molecule has 0 saturated heterocycles. The second-order valence-corrected chi connectivity index (χ2v) is 10.6. The molecule has 1 nitrogen and oxygen atoms in total. The first-order valence-corrected chi connectivity index (χ1v) is 13.2. The van der Waals surface area contributed by atoms with Crippen molar-refractivity contribution in [1.29, 1.82) is 0 Å². The fourth-order valence-electron chi connectivity index (χ4n) is 3.54. The Hall–Kier alpha value is -1.00. The quantitative estimate of drug-likeness (QED) is 0.153. The predicted molar refractivity (Wildman–Crippen MR) is 152 cm³/mol. The van der Waals surface area contributed by atoms with Crippen molar-refractivity contribution >= 4 is 92.8 Å². The minimum absolute atomic E-state index is 0.0528. The highest BCUT2D eigenvalue weighted by atomic mass is 35.5. The molecule has 0 atom stereocenters. The molecular weight excluding hydrogens is 612 g/mol. The van der Waals surface area contributed by atoms with E-state index in [0.717, 1.165) is 11.1 Å². The van der Waals surface area contributed by atoms with Crippen LogP contribution in [-0.2, 0) is 12.8 Å². The molecule has 0 amide bonds. The maximum atomic E-state index is 6.63. The van der Waals surface area contributed by atoms with E-state index < -0.39 is 0 Å². The van der Waals surface area contributed by atoms with Gasteiger partial charge in [-0.2, -0.15) is 0 Å². The van der Waals surface area contributed by atoms with E-state index in [1.54, 1.807) is 0 Å². The van der Waals surface area contributed by atoms with Gasteiger partial charge in [0, 0.05) is 24.0 Å². The van der Waals surface area contributed by atoms with Gasteiger partial charge < -0.3 is 4.74 Å². The van der Waals surface area contributed by atoms with E-state index in [2.05, 4.69) is 0 Å². The van der Waals surface area contributed by atoms with Gasteiger partial charge in [-0.25, -0.2) is 0 Å². The molecule has 9 heteroatoms. The molecule has 0 spiro atoms. The Bertz CT molecular complexity index is 1280. The highest BCUT2D eigenvalue weighted by Gasteiger charge is 2.27. The van der Waals surface area contributed by atoms with Gasteiger partial charge in [-0.1, -0.05) is 153 Å². The van der Waals surface area contributed by atoms with Crippen LogP contribution in [0.1, 0.15) is 22.3 Å². The largest absolute Gasteiger partial charge is 0.453 e. The molecule has 0 aliphatic heterocycles. The number of hydrogen-bond donors (Lipinski definition) is 0. The lowest BCUT2D eigenvalue weighted by molar-refractivity contribution is 0.473. The Morgan fingerprint density at radius 2 is 0.714 bits per heavy atom. The van der Waals surface area contributed by atoms with Crippen molar-refractivity contribution < 1.29 is 4.74 Å². The molecule has 0 radical (unpaired) electrons. The first-order valence-electron chi connectivity index (χ1n) is 10.2. The van der Waals surface area contributed by atoms with E-state index in [-0.39, 0.29) is 51.7 Å². The van der Waals surface area contributed by atoms with E-state index in [4.69, 9.17) is 97.5 Å². The summed E-state index contributed by atoms with van der Waals surface area (Å²) < 4.78 is 6.36. The summed E-state index contributed by atoms with van der Waals surface area (Å²) in [7, 11) is 0. The zero-order valence-corrected chi connectivity index (χ0v) is 23.7. The highest BCUT2D eigenvalue weighted by molar-refractivity contribution is 6.53. The van der Waals surface area contributed by atoms with Crippen molar-refractivity contribution in [1.82, 2.24) is 0 Å². The van der Waals surface area contributed by atoms with Gasteiger partial charge in [-0.05, 0) is 11.1 Å². The highest BCUT2D eigenvalue weighted by Crippen LogP contribution is 2.52. The van der Waals surface area contributed by atoms with Crippen LogP contribution in [0, 0.1) is 0 Å². The SMILES string of the molecule is Clc1c(Cl)c(Cl)c(Oc2c(Cl)c(Cl)c(Cl)c(Cl)c2Cc2ccccc2)c(Cc2ccccc2)c1Cl. The van der Waals surface area contributed by atoms with Crippen molar-refractivity contribution in [3.63, 3.8) is 0 Å². The summed E-state index contributed by atoms with van der Waals surface area (Å²) >= 11 is 52.1. The van der Waals surface area contributed by atoms with Crippen LogP contribution in [0.25, 0.3) is 0 Å². The second-order valence-electron chi connectivity index (χ2n) is 7.55. The van der Waals surface area contributed by atoms with E-state index in [0.29, 0.717) is 24.0 Å². The third kappa shape index (κ3) is 5.64. The second kappa shape index (κ2) is 11.6. The maximum Gasteiger partial charge on any atom is 0.152 e. The van der Waals surface area contributed by atoms with Crippen LogP contribution in [0.3, 0.4) is 0 Å². The number of hydrogen-bond acceptors (Lipinski definition) is 1. The molecule has 0 fully saturated rings. The topological polar surface area (TPSA) is 9.23 Å². The number of ether oxygens (including phenoxy) is 1. The van der Waals surface area contributed by atoms with Crippen molar-refractivity contribution in [3.05, 3.63) is 123 Å². The maximum absolute atomic E-state index is 6.63. The smallest absolute Gasteiger partial charge is 0.152 e. The van der Waals surface area contributed by atoms with E-state index in [1.165, 1.54) is 0 Å². The lowest BCUT2D eigenvalue weighted by atomic mass is 10.0. The van der Waals surface area contributed by atoms with Gasteiger partial charge in [0.15, 0.2) is 11.5 Å². The first-order chi connectivity index (χ1) is 16.7. The van der Waals surface area contributed by atoms with Crippen LogP contribution in [0.5, 0.6) is 11.5 Å². The summed E-state index contributed by atoms with van der Waals surface area (Å²) in [4.78, 5) is 0. The van der Waals surface area contributed by atoms with E-state index in [1.807, 2.05) is 60.7 Å². The lowest BCUT2D eigenvalue weighted by Crippen LogP contribution is -2.02. The summed E-state index contributed by atoms with van der Waals surface area (Å²) in [6, 6.07) is 19.3. The van der Waals surface area contributed by atoms with Gasteiger partial charge in [0.2, 0.25) is 0 Å². The Labute approximate surface area is 243 Å². The normalized spacial score (nSPS) is 11.1. The third-order valence-corrected chi connectivity index (χ3v) is 8.93. The minimum atomic E-state index is 0.0528. The molecule has 0 aliphatic rings. The molecule has 0 unspecified atom stereocenters. The van der Waals surface area contributed by atoms with Crippen molar-refractivity contribution in [2.45, 2.75) is 12.8 Å². The average molecular weight is 626 g/mol. The molecule has 0 saturated carbocycles. The molecule has 4 aromatic rings. The van der Waals surface area contributed by atoms with Gasteiger partial charge in [0.25, 0.3) is 0 Å². The van der Waals surface area contributed by atoms with Crippen molar-refractivity contribution in [2.24, 2.45) is 0 Å². The minimum Gasteiger partial charge on any atom is -0.453 e. The molecule has 4 rings (SSSR count). The summed E-state index contributed by atoms with van der Waals surface area (Å²) in [6.45, 7) is 0. The Kier molecular flexibility index (Phi) is 8.95. The van der Waals surface area contributed by atoms with Gasteiger partial charge in [0.1, 0.15) is 10.0 Å². The summed E-state index contributed by atoms with van der Waals surface area (Å²) in [5, 5.41) is 0.943. The Morgan fingerprint density at radius 3 is 1.06 bits per heavy atom. The zero-order chi connectivity index (χ0) is 25.3. The van der Waals surface area contributed by atoms with Crippen LogP contribution in [0.15, 0.2) is 60.7 Å². The van der Waals surface area contributed by atoms with Gasteiger partial charge in [0.05, 0.1) is 30.1 Å².